The lowest BCUT2D eigenvalue weighted by Crippen LogP contribution is -2.33. The van der Waals surface area contributed by atoms with Gasteiger partial charge in [0.2, 0.25) is 0 Å². The molecule has 2 heterocycles. The first-order chi connectivity index (χ1) is 12.4. The smallest absolute Gasteiger partial charge is 0.328 e. The number of aliphatic carboxylic acids is 2. The van der Waals surface area contributed by atoms with Gasteiger partial charge in [-0.1, -0.05) is 0 Å². The molecular formula is C19H26N2O5. The minimum absolute atomic E-state index is 0.558. The van der Waals surface area contributed by atoms with E-state index in [2.05, 4.69) is 30.1 Å². The van der Waals surface area contributed by atoms with Crippen LogP contribution in [-0.2, 0) is 22.4 Å². The Kier molecular flexibility index (Phi) is 7.03. The van der Waals surface area contributed by atoms with Gasteiger partial charge in [0.15, 0.2) is 0 Å². The normalized spacial score (nSPS) is 15.8. The van der Waals surface area contributed by atoms with Gasteiger partial charge in [-0.2, -0.15) is 0 Å². The summed E-state index contributed by atoms with van der Waals surface area (Å²) in [6.07, 6.45) is 3.38. The number of anilines is 1. The van der Waals surface area contributed by atoms with Gasteiger partial charge in [-0.25, -0.2) is 9.59 Å². The van der Waals surface area contributed by atoms with Crippen molar-refractivity contribution in [2.75, 3.05) is 37.7 Å². The molecule has 26 heavy (non-hydrogen) atoms. The summed E-state index contributed by atoms with van der Waals surface area (Å²) in [6.45, 7) is 9.52. The maximum Gasteiger partial charge on any atom is 0.328 e. The Morgan fingerprint density at radius 1 is 1.23 bits per heavy atom. The number of rotatable bonds is 3. The van der Waals surface area contributed by atoms with Crippen molar-refractivity contribution in [2.45, 2.75) is 26.7 Å². The number of likely N-dealkylation sites (N-methyl/N-ethyl adjacent to an activating group) is 1. The molecule has 0 radical (unpaired) electrons. The quantitative estimate of drug-likeness (QED) is 0.703. The molecule has 0 amide bonds. The molecular weight excluding hydrogens is 336 g/mol. The maximum atomic E-state index is 9.55. The van der Waals surface area contributed by atoms with E-state index in [1.165, 1.54) is 22.4 Å². The molecule has 3 N–H and O–H groups in total. The van der Waals surface area contributed by atoms with Crippen molar-refractivity contribution in [3.63, 3.8) is 0 Å². The van der Waals surface area contributed by atoms with Crippen molar-refractivity contribution in [3.8, 4) is 5.75 Å². The second-order valence-corrected chi connectivity index (χ2v) is 6.18. The van der Waals surface area contributed by atoms with Crippen LogP contribution >= 0.6 is 0 Å². The SMILES string of the molecule is CCN1CCOc2c1cc1c(c2C)CCNCC1.O=C(O)/C=C/C(=O)O. The highest BCUT2D eigenvalue weighted by atomic mass is 16.5. The zero-order chi connectivity index (χ0) is 19.1. The second kappa shape index (κ2) is 9.24. The molecule has 1 aromatic rings. The second-order valence-electron chi connectivity index (χ2n) is 6.18. The van der Waals surface area contributed by atoms with E-state index in [1.54, 1.807) is 0 Å². The summed E-state index contributed by atoms with van der Waals surface area (Å²) < 4.78 is 5.93. The molecule has 0 saturated heterocycles. The topological polar surface area (TPSA) is 99.1 Å². The Morgan fingerprint density at radius 2 is 1.88 bits per heavy atom. The van der Waals surface area contributed by atoms with Gasteiger partial charge in [0.25, 0.3) is 0 Å². The minimum Gasteiger partial charge on any atom is -0.489 e. The molecule has 0 spiro atoms. The maximum absolute atomic E-state index is 9.55. The molecule has 0 atom stereocenters. The number of nitrogens with zero attached hydrogens (tertiary/aromatic N) is 1. The minimum atomic E-state index is -1.26. The zero-order valence-electron chi connectivity index (χ0n) is 15.2. The van der Waals surface area contributed by atoms with Crippen LogP contribution in [0.2, 0.25) is 0 Å². The fraction of sp³-hybridized carbons (Fsp3) is 0.474. The van der Waals surface area contributed by atoms with Gasteiger partial charge in [0.05, 0.1) is 12.2 Å². The van der Waals surface area contributed by atoms with Crippen molar-refractivity contribution in [1.82, 2.24) is 5.32 Å². The van der Waals surface area contributed by atoms with E-state index in [0.717, 1.165) is 51.4 Å². The molecule has 0 fully saturated rings. The molecule has 0 aromatic heterocycles. The van der Waals surface area contributed by atoms with Crippen molar-refractivity contribution in [2.24, 2.45) is 0 Å². The van der Waals surface area contributed by atoms with Crippen LogP contribution in [0.3, 0.4) is 0 Å². The summed E-state index contributed by atoms with van der Waals surface area (Å²) in [6, 6.07) is 2.37. The Bertz CT molecular complexity index is 684. The van der Waals surface area contributed by atoms with Crippen LogP contribution in [0.1, 0.15) is 23.6 Å². The van der Waals surface area contributed by atoms with E-state index in [-0.39, 0.29) is 0 Å². The number of ether oxygens (including phenoxy) is 1. The third-order valence-electron chi connectivity index (χ3n) is 4.55. The van der Waals surface area contributed by atoms with Crippen LogP contribution in [0.5, 0.6) is 5.75 Å². The van der Waals surface area contributed by atoms with Crippen molar-refractivity contribution >= 4 is 17.6 Å². The highest BCUT2D eigenvalue weighted by Gasteiger charge is 2.23. The molecule has 2 aliphatic rings. The number of nitrogens with one attached hydrogen (secondary N) is 1. The molecule has 3 rings (SSSR count). The highest BCUT2D eigenvalue weighted by Crippen LogP contribution is 2.39. The highest BCUT2D eigenvalue weighted by molar-refractivity contribution is 5.89. The lowest BCUT2D eigenvalue weighted by atomic mass is 9.95. The Labute approximate surface area is 153 Å². The van der Waals surface area contributed by atoms with Gasteiger partial charge in [0.1, 0.15) is 12.4 Å². The number of hydrogen-bond donors (Lipinski definition) is 3. The first kappa shape index (κ1) is 19.8. The van der Waals surface area contributed by atoms with Gasteiger partial charge >= 0.3 is 11.9 Å². The summed E-state index contributed by atoms with van der Waals surface area (Å²) in [5, 5.41) is 19.1. The molecule has 1 aromatic carbocycles. The summed E-state index contributed by atoms with van der Waals surface area (Å²) in [4.78, 5) is 21.5. The third kappa shape index (κ3) is 4.98. The largest absolute Gasteiger partial charge is 0.489 e. The van der Waals surface area contributed by atoms with Crippen LogP contribution < -0.4 is 15.0 Å². The van der Waals surface area contributed by atoms with Gasteiger partial charge < -0.3 is 25.2 Å². The first-order valence-electron chi connectivity index (χ1n) is 8.81. The number of hydrogen-bond acceptors (Lipinski definition) is 5. The van der Waals surface area contributed by atoms with E-state index in [1.807, 2.05) is 0 Å². The monoisotopic (exact) mass is 362 g/mol. The molecule has 0 bridgehead atoms. The average molecular weight is 362 g/mol. The first-order valence-corrected chi connectivity index (χ1v) is 8.81. The average Bonchev–Trinajstić information content (AvgIpc) is 2.86. The standard InChI is InChI=1S/C15H22N2O.C4H4O4/c1-3-17-8-9-18-15-11(2)13-5-7-16-6-4-12(13)10-14(15)17;5-3(6)1-2-4(7)8/h10,16H,3-9H2,1-2H3;1-2H,(H,5,6)(H,7,8)/b;2-1+. The predicted molar refractivity (Wildman–Crippen MR) is 99.3 cm³/mol. The molecule has 7 nitrogen and oxygen atoms in total. The van der Waals surface area contributed by atoms with Crippen molar-refractivity contribution in [3.05, 3.63) is 34.9 Å². The van der Waals surface area contributed by atoms with Crippen LogP contribution in [0.15, 0.2) is 18.2 Å². The van der Waals surface area contributed by atoms with Crippen molar-refractivity contribution in [1.29, 1.82) is 0 Å². The fourth-order valence-electron chi connectivity index (χ4n) is 3.29. The number of carbonyl (C=O) groups is 2. The number of benzene rings is 1. The van der Waals surface area contributed by atoms with E-state index >= 15 is 0 Å². The van der Waals surface area contributed by atoms with Crippen LogP contribution in [0, 0.1) is 6.92 Å². The number of carboxylic acid groups (broad SMARTS) is 2. The summed E-state index contributed by atoms with van der Waals surface area (Å²) in [5.41, 5.74) is 5.70. The Hall–Kier alpha value is -2.54. The van der Waals surface area contributed by atoms with Crippen LogP contribution in [0.4, 0.5) is 5.69 Å². The summed E-state index contributed by atoms with van der Waals surface area (Å²) in [5.74, 6) is -1.39. The lowest BCUT2D eigenvalue weighted by Gasteiger charge is -2.32. The van der Waals surface area contributed by atoms with Gasteiger partial charge in [0, 0.05) is 18.7 Å². The van der Waals surface area contributed by atoms with Gasteiger partial charge in [-0.15, -0.1) is 0 Å². The molecule has 7 heteroatoms. The predicted octanol–water partition coefficient (Wildman–Crippen LogP) is 1.61. The zero-order valence-corrected chi connectivity index (χ0v) is 15.2. The van der Waals surface area contributed by atoms with E-state index in [4.69, 9.17) is 14.9 Å². The number of carboxylic acids is 2. The van der Waals surface area contributed by atoms with Gasteiger partial charge in [-0.05, 0) is 62.5 Å². The number of fused-ring (bicyclic) bond motifs is 2. The van der Waals surface area contributed by atoms with Crippen LogP contribution in [0.25, 0.3) is 0 Å². The van der Waals surface area contributed by atoms with E-state index in [0.29, 0.717) is 12.2 Å². The Balaban J connectivity index is 0.000000260. The van der Waals surface area contributed by atoms with E-state index < -0.39 is 11.9 Å². The van der Waals surface area contributed by atoms with Crippen LogP contribution in [-0.4, -0.2) is 54.9 Å². The van der Waals surface area contributed by atoms with E-state index in [9.17, 15) is 9.59 Å². The van der Waals surface area contributed by atoms with Gasteiger partial charge in [-0.3, -0.25) is 0 Å². The molecule has 0 unspecified atom stereocenters. The molecule has 142 valence electrons. The third-order valence-corrected chi connectivity index (χ3v) is 4.55. The van der Waals surface area contributed by atoms with Crippen molar-refractivity contribution < 1.29 is 24.5 Å². The lowest BCUT2D eigenvalue weighted by molar-refractivity contribution is -0.134. The fourth-order valence-corrected chi connectivity index (χ4v) is 3.29. The summed E-state index contributed by atoms with van der Waals surface area (Å²) >= 11 is 0. The molecule has 2 aliphatic heterocycles. The Morgan fingerprint density at radius 3 is 2.50 bits per heavy atom. The molecule has 0 saturated carbocycles. The summed E-state index contributed by atoms with van der Waals surface area (Å²) in [7, 11) is 0. The molecule has 0 aliphatic carbocycles.